The van der Waals surface area contributed by atoms with Crippen molar-refractivity contribution in [2.24, 2.45) is 5.73 Å². The van der Waals surface area contributed by atoms with Gasteiger partial charge in [0.25, 0.3) is 5.91 Å². The number of piperidine rings is 1. The van der Waals surface area contributed by atoms with Crippen LogP contribution in [0.15, 0.2) is 36.5 Å². The van der Waals surface area contributed by atoms with Crippen molar-refractivity contribution < 1.29 is 9.18 Å². The summed E-state index contributed by atoms with van der Waals surface area (Å²) in [5.74, 6) is -0.0279. The molecule has 1 aliphatic heterocycles. The van der Waals surface area contributed by atoms with Crippen LogP contribution in [0.5, 0.6) is 0 Å². The summed E-state index contributed by atoms with van der Waals surface area (Å²) in [6.07, 6.45) is 3.71. The Kier molecular flexibility index (Phi) is 4.80. The number of nitrogens with two attached hydrogens (primary N) is 1. The highest BCUT2D eigenvalue weighted by Crippen LogP contribution is 2.38. The molecule has 5 nitrogen and oxygen atoms in total. The molecule has 2 unspecified atom stereocenters. The first kappa shape index (κ1) is 17.9. The lowest BCUT2D eigenvalue weighted by atomic mass is 9.99. The Balaban J connectivity index is 1.79. The third-order valence-electron chi connectivity index (χ3n) is 5.03. The van der Waals surface area contributed by atoms with Crippen LogP contribution >= 0.6 is 11.3 Å². The fraction of sp³-hybridized carbons (Fsp3) is 0.300. The van der Waals surface area contributed by atoms with Crippen LogP contribution in [0, 0.1) is 5.82 Å². The lowest BCUT2D eigenvalue weighted by Crippen LogP contribution is -2.46. The number of hydrogen-bond acceptors (Lipinski definition) is 5. The summed E-state index contributed by atoms with van der Waals surface area (Å²) in [5, 5.41) is 7.87. The van der Waals surface area contributed by atoms with Crippen LogP contribution < -0.4 is 16.4 Å². The molecule has 0 radical (unpaired) electrons. The molecule has 4 N–H and O–H groups in total. The number of primary amides is 1. The summed E-state index contributed by atoms with van der Waals surface area (Å²) >= 11 is 1.47. The smallest absolute Gasteiger partial charge is 0.251 e. The van der Waals surface area contributed by atoms with Crippen molar-refractivity contribution in [1.29, 1.82) is 0 Å². The summed E-state index contributed by atoms with van der Waals surface area (Å²) in [5.41, 5.74) is 6.85. The van der Waals surface area contributed by atoms with E-state index in [0.717, 1.165) is 45.7 Å². The fourth-order valence-corrected chi connectivity index (χ4v) is 4.67. The molecule has 2 aromatic heterocycles. The van der Waals surface area contributed by atoms with E-state index in [1.807, 2.05) is 6.07 Å². The Morgan fingerprint density at radius 2 is 2.15 bits per heavy atom. The third-order valence-corrected chi connectivity index (χ3v) is 6.25. The topological polar surface area (TPSA) is 80.0 Å². The van der Waals surface area contributed by atoms with Gasteiger partial charge in [0.05, 0.1) is 10.3 Å². The monoisotopic (exact) mass is 384 g/mol. The molecule has 3 heterocycles. The van der Waals surface area contributed by atoms with Gasteiger partial charge in [-0.25, -0.2) is 9.37 Å². The number of carbonyl (C=O) groups is 1. The highest BCUT2D eigenvalue weighted by atomic mass is 32.1. The molecule has 4 rings (SSSR count). The van der Waals surface area contributed by atoms with E-state index >= 15 is 0 Å². The van der Waals surface area contributed by atoms with Gasteiger partial charge < -0.3 is 16.4 Å². The molecule has 1 aliphatic rings. The summed E-state index contributed by atoms with van der Waals surface area (Å²) in [6.45, 7) is 3.18. The number of carbonyl (C=O) groups excluding carboxylic acids is 1. The van der Waals surface area contributed by atoms with Crippen molar-refractivity contribution in [3.63, 3.8) is 0 Å². The molecule has 1 saturated heterocycles. The number of amides is 1. The number of benzene rings is 1. The van der Waals surface area contributed by atoms with E-state index in [0.29, 0.717) is 11.6 Å². The van der Waals surface area contributed by atoms with Crippen molar-refractivity contribution in [2.75, 3.05) is 11.9 Å². The third kappa shape index (κ3) is 3.52. The minimum Gasteiger partial charge on any atom is -0.366 e. The minimum absolute atomic E-state index is 0.267. The number of halogens is 1. The number of aromatic nitrogens is 1. The molecule has 1 aromatic carbocycles. The second-order valence-corrected chi connectivity index (χ2v) is 7.93. The lowest BCUT2D eigenvalue weighted by Gasteiger charge is -2.31. The van der Waals surface area contributed by atoms with Crippen LogP contribution in [0.2, 0.25) is 0 Å². The second-order valence-electron chi connectivity index (χ2n) is 6.88. The van der Waals surface area contributed by atoms with E-state index in [-0.39, 0.29) is 11.9 Å². The van der Waals surface area contributed by atoms with Crippen LogP contribution in [-0.4, -0.2) is 29.5 Å². The molecule has 0 bridgehead atoms. The van der Waals surface area contributed by atoms with Gasteiger partial charge in [-0.3, -0.25) is 4.79 Å². The summed E-state index contributed by atoms with van der Waals surface area (Å²) < 4.78 is 14.1. The number of nitrogens with one attached hydrogen (secondary N) is 2. The highest BCUT2D eigenvalue weighted by Gasteiger charge is 2.23. The van der Waals surface area contributed by atoms with Crippen molar-refractivity contribution >= 4 is 33.1 Å². The van der Waals surface area contributed by atoms with Crippen LogP contribution in [-0.2, 0) is 0 Å². The zero-order valence-electron chi connectivity index (χ0n) is 15.0. The van der Waals surface area contributed by atoms with Crippen LogP contribution in [0.25, 0.3) is 20.5 Å². The predicted molar refractivity (Wildman–Crippen MR) is 108 cm³/mol. The Morgan fingerprint density at radius 1 is 1.37 bits per heavy atom. The molecular formula is C20H21FN4OS. The Morgan fingerprint density at radius 3 is 2.85 bits per heavy atom. The molecule has 1 amide bonds. The zero-order chi connectivity index (χ0) is 19.0. The van der Waals surface area contributed by atoms with Gasteiger partial charge in [-0.15, -0.1) is 11.3 Å². The number of thiophene rings is 1. The fourth-order valence-electron chi connectivity index (χ4n) is 3.49. The number of anilines is 1. The maximum atomic E-state index is 13.3. The van der Waals surface area contributed by atoms with E-state index in [1.165, 1.54) is 23.5 Å². The average molecular weight is 384 g/mol. The minimum atomic E-state index is -0.501. The van der Waals surface area contributed by atoms with E-state index in [2.05, 4.69) is 22.5 Å². The molecule has 7 heteroatoms. The van der Waals surface area contributed by atoms with Crippen molar-refractivity contribution in [3.8, 4) is 10.4 Å². The van der Waals surface area contributed by atoms with Gasteiger partial charge in [0, 0.05) is 28.5 Å². The van der Waals surface area contributed by atoms with Gasteiger partial charge in [-0.2, -0.15) is 0 Å². The van der Waals surface area contributed by atoms with E-state index in [9.17, 15) is 9.18 Å². The number of fused-ring (bicyclic) bond motifs is 1. The lowest BCUT2D eigenvalue weighted by molar-refractivity contribution is 0.100. The maximum absolute atomic E-state index is 13.3. The van der Waals surface area contributed by atoms with E-state index in [4.69, 9.17) is 5.73 Å². The summed E-state index contributed by atoms with van der Waals surface area (Å²) in [7, 11) is 0. The van der Waals surface area contributed by atoms with Crippen LogP contribution in [0.3, 0.4) is 0 Å². The normalized spacial score (nSPS) is 19.9. The number of pyridine rings is 1. The first-order chi connectivity index (χ1) is 13.0. The van der Waals surface area contributed by atoms with Crippen molar-refractivity contribution in [3.05, 3.63) is 47.9 Å². The highest BCUT2D eigenvalue weighted by molar-refractivity contribution is 7.22. The number of nitrogens with zero attached hydrogens (tertiary/aromatic N) is 1. The van der Waals surface area contributed by atoms with Crippen molar-refractivity contribution in [2.45, 2.75) is 31.8 Å². The summed E-state index contributed by atoms with van der Waals surface area (Å²) in [6, 6.07) is 8.93. The van der Waals surface area contributed by atoms with Crippen molar-refractivity contribution in [1.82, 2.24) is 10.3 Å². The first-order valence-electron chi connectivity index (χ1n) is 9.01. The number of hydrogen-bond donors (Lipinski definition) is 3. The second kappa shape index (κ2) is 7.25. The van der Waals surface area contributed by atoms with Crippen LogP contribution in [0.4, 0.5) is 10.2 Å². The molecule has 140 valence electrons. The Bertz CT molecular complexity index is 986. The molecule has 1 fully saturated rings. The Labute approximate surface area is 160 Å². The van der Waals surface area contributed by atoms with E-state index in [1.54, 1.807) is 18.3 Å². The molecule has 27 heavy (non-hydrogen) atoms. The molecule has 0 aliphatic carbocycles. The van der Waals surface area contributed by atoms with Gasteiger partial charge >= 0.3 is 0 Å². The molecule has 0 spiro atoms. The van der Waals surface area contributed by atoms with Crippen LogP contribution in [0.1, 0.15) is 30.1 Å². The molecule has 3 aromatic rings. The summed E-state index contributed by atoms with van der Waals surface area (Å²) in [4.78, 5) is 17.3. The largest absolute Gasteiger partial charge is 0.366 e. The Hall–Kier alpha value is -2.51. The van der Waals surface area contributed by atoms with Gasteiger partial charge in [0.2, 0.25) is 0 Å². The van der Waals surface area contributed by atoms with Gasteiger partial charge in [-0.1, -0.05) is 12.1 Å². The van der Waals surface area contributed by atoms with E-state index < -0.39 is 5.91 Å². The van der Waals surface area contributed by atoms with Gasteiger partial charge in [-0.05, 0) is 50.1 Å². The maximum Gasteiger partial charge on any atom is 0.251 e. The molecule has 2 atom stereocenters. The van der Waals surface area contributed by atoms with Gasteiger partial charge in [0.15, 0.2) is 0 Å². The molecule has 0 saturated carbocycles. The first-order valence-corrected chi connectivity index (χ1v) is 9.83. The number of rotatable bonds is 4. The standard InChI is InChI=1S/C20H21FN4OS/c1-11-16(3-2-8-23-11)25-20-14-9-17(12-4-6-13(21)7-5-12)27-18(14)15(10-24-20)19(22)26/h4-7,9-11,16,23H,2-3,8H2,1H3,(H2,22,26)(H,24,25). The zero-order valence-corrected chi connectivity index (χ0v) is 15.8. The molecular weight excluding hydrogens is 363 g/mol. The predicted octanol–water partition coefficient (Wildman–Crippen LogP) is 3.75. The quantitative estimate of drug-likeness (QED) is 0.640. The SMILES string of the molecule is CC1NCCCC1Nc1ncc(C(N)=O)c2sc(-c3ccc(F)cc3)cc12. The average Bonchev–Trinajstić information content (AvgIpc) is 3.09. The van der Waals surface area contributed by atoms with Gasteiger partial charge in [0.1, 0.15) is 11.6 Å².